The number of aliphatic hydroxyl groups excluding tert-OH is 7. The van der Waals surface area contributed by atoms with Gasteiger partial charge < -0.3 is 54.9 Å². The Kier molecular flexibility index (Phi) is 8.42. The second-order valence-electron chi connectivity index (χ2n) is 9.10. The van der Waals surface area contributed by atoms with Gasteiger partial charge >= 0.3 is 5.69 Å². The Morgan fingerprint density at radius 1 is 0.784 bits per heavy atom. The number of ether oxygens (including phenoxy) is 3. The van der Waals surface area contributed by atoms with E-state index in [9.17, 15) is 45.3 Å². The summed E-state index contributed by atoms with van der Waals surface area (Å²) in [6.07, 6.45) is -11.5. The first-order valence-corrected chi connectivity index (χ1v) is 11.7. The number of hydrogen-bond donors (Lipinski definition) is 9. The van der Waals surface area contributed by atoms with E-state index in [1.54, 1.807) is 0 Å². The topological polar surface area (TPSA) is 235 Å². The Morgan fingerprint density at radius 2 is 1.41 bits per heavy atom. The lowest BCUT2D eigenvalue weighted by Gasteiger charge is -2.46. The molecule has 1 aromatic carbocycles. The summed E-state index contributed by atoms with van der Waals surface area (Å²) < 4.78 is 16.8. The van der Waals surface area contributed by atoms with Crippen molar-refractivity contribution >= 4 is 0 Å². The molecule has 2 fully saturated rings. The Hall–Kier alpha value is -2.66. The molecular formula is C23H30N2O12. The maximum absolute atomic E-state index is 12.0. The SMILES string of the molecule is O=c1[nH]cc(-c2ccc(OC3OC(CO)C(O)C(CC4OC(CO)C(O)C(O)C4O)C3O)cc2)c(=O)[nH]1. The zero-order valence-electron chi connectivity index (χ0n) is 19.5. The fourth-order valence-electron chi connectivity index (χ4n) is 4.65. The molecule has 10 unspecified atom stereocenters. The Morgan fingerprint density at radius 3 is 2.03 bits per heavy atom. The molecule has 14 nitrogen and oxygen atoms in total. The highest BCUT2D eigenvalue weighted by Crippen LogP contribution is 2.35. The Balaban J connectivity index is 1.50. The number of aromatic nitrogens is 2. The summed E-state index contributed by atoms with van der Waals surface area (Å²) in [7, 11) is 0. The molecule has 37 heavy (non-hydrogen) atoms. The number of aliphatic hydroxyl groups is 7. The van der Waals surface area contributed by atoms with E-state index in [1.165, 1.54) is 30.5 Å². The second kappa shape index (κ2) is 11.4. The van der Waals surface area contributed by atoms with E-state index in [-0.39, 0.29) is 17.7 Å². The molecule has 0 saturated carbocycles. The fourth-order valence-corrected chi connectivity index (χ4v) is 4.65. The van der Waals surface area contributed by atoms with E-state index in [4.69, 9.17) is 14.2 Å². The highest BCUT2D eigenvalue weighted by Gasteiger charge is 2.50. The van der Waals surface area contributed by atoms with Gasteiger partial charge in [0.25, 0.3) is 5.56 Å². The average molecular weight is 526 g/mol. The van der Waals surface area contributed by atoms with E-state index < -0.39 is 85.5 Å². The van der Waals surface area contributed by atoms with Crippen LogP contribution in [-0.4, -0.2) is 114 Å². The van der Waals surface area contributed by atoms with Crippen molar-refractivity contribution < 1.29 is 50.0 Å². The number of benzene rings is 1. The summed E-state index contributed by atoms with van der Waals surface area (Å²) >= 11 is 0. The zero-order chi connectivity index (χ0) is 26.9. The summed E-state index contributed by atoms with van der Waals surface area (Å²) in [6.45, 7) is -1.25. The number of nitrogens with one attached hydrogen (secondary N) is 2. The van der Waals surface area contributed by atoms with Crippen molar-refractivity contribution in [1.82, 2.24) is 9.97 Å². The van der Waals surface area contributed by atoms with Crippen LogP contribution in [-0.2, 0) is 9.47 Å². The first-order chi connectivity index (χ1) is 17.6. The zero-order valence-corrected chi connectivity index (χ0v) is 19.5. The van der Waals surface area contributed by atoms with Crippen molar-refractivity contribution in [1.29, 1.82) is 0 Å². The normalized spacial score (nSPS) is 36.3. The molecule has 0 aliphatic carbocycles. The van der Waals surface area contributed by atoms with Gasteiger partial charge in [0.15, 0.2) is 0 Å². The maximum Gasteiger partial charge on any atom is 0.325 e. The van der Waals surface area contributed by atoms with Gasteiger partial charge in [-0.15, -0.1) is 0 Å². The van der Waals surface area contributed by atoms with Crippen LogP contribution >= 0.6 is 0 Å². The van der Waals surface area contributed by atoms with Crippen LogP contribution in [0.5, 0.6) is 5.75 Å². The molecule has 14 heteroatoms. The van der Waals surface area contributed by atoms with Crippen LogP contribution in [0.3, 0.4) is 0 Å². The molecule has 0 amide bonds. The summed E-state index contributed by atoms with van der Waals surface area (Å²) in [6, 6.07) is 6.05. The van der Waals surface area contributed by atoms with E-state index >= 15 is 0 Å². The van der Waals surface area contributed by atoms with Crippen molar-refractivity contribution in [3.8, 4) is 16.9 Å². The van der Waals surface area contributed by atoms with Crippen LogP contribution in [0.2, 0.25) is 0 Å². The Bertz CT molecular complexity index is 1150. The summed E-state index contributed by atoms with van der Waals surface area (Å²) in [5, 5.41) is 71.2. The lowest BCUT2D eigenvalue weighted by molar-refractivity contribution is -0.278. The number of rotatable bonds is 7. The molecule has 2 aliphatic rings. The van der Waals surface area contributed by atoms with Crippen molar-refractivity contribution in [3.05, 3.63) is 51.3 Å². The second-order valence-corrected chi connectivity index (χ2v) is 9.10. The fraction of sp³-hybridized carbons (Fsp3) is 0.565. The highest BCUT2D eigenvalue weighted by atomic mass is 16.7. The van der Waals surface area contributed by atoms with Gasteiger partial charge in [-0.05, 0) is 24.1 Å². The molecule has 1 aromatic heterocycles. The molecule has 0 radical (unpaired) electrons. The summed E-state index contributed by atoms with van der Waals surface area (Å²) in [5.74, 6) is -0.843. The van der Waals surface area contributed by atoms with Crippen LogP contribution in [0, 0.1) is 5.92 Å². The minimum atomic E-state index is -1.63. The van der Waals surface area contributed by atoms with Crippen LogP contribution < -0.4 is 16.0 Å². The van der Waals surface area contributed by atoms with E-state index in [2.05, 4.69) is 9.97 Å². The molecule has 2 aromatic rings. The monoisotopic (exact) mass is 526 g/mol. The van der Waals surface area contributed by atoms with Gasteiger partial charge in [0, 0.05) is 12.1 Å². The van der Waals surface area contributed by atoms with Gasteiger partial charge in [-0.3, -0.25) is 9.78 Å². The molecule has 3 heterocycles. The number of aromatic amines is 2. The minimum absolute atomic E-state index is 0.211. The molecule has 0 bridgehead atoms. The largest absolute Gasteiger partial charge is 0.462 e. The molecule has 2 saturated heterocycles. The van der Waals surface area contributed by atoms with Crippen LogP contribution in [0.4, 0.5) is 0 Å². The lowest BCUT2D eigenvalue weighted by atomic mass is 9.81. The molecule has 204 valence electrons. The van der Waals surface area contributed by atoms with Gasteiger partial charge in [0.1, 0.15) is 42.4 Å². The lowest BCUT2D eigenvalue weighted by Crippen LogP contribution is -2.62. The third-order valence-electron chi connectivity index (χ3n) is 6.76. The van der Waals surface area contributed by atoms with Gasteiger partial charge in [0.2, 0.25) is 6.29 Å². The quantitative estimate of drug-likeness (QED) is 0.170. The molecule has 9 N–H and O–H groups in total. The molecule has 4 rings (SSSR count). The van der Waals surface area contributed by atoms with Gasteiger partial charge in [-0.25, -0.2) is 4.79 Å². The number of H-pyrrole nitrogens is 2. The van der Waals surface area contributed by atoms with E-state index in [0.29, 0.717) is 5.56 Å². The van der Waals surface area contributed by atoms with Crippen molar-refractivity contribution in [2.75, 3.05) is 13.2 Å². The predicted octanol–water partition coefficient (Wildman–Crippen LogP) is -3.60. The van der Waals surface area contributed by atoms with Crippen molar-refractivity contribution in [2.45, 2.75) is 61.5 Å². The Labute approximate surface area is 209 Å². The smallest absolute Gasteiger partial charge is 0.325 e. The average Bonchev–Trinajstić information content (AvgIpc) is 2.88. The molecule has 10 atom stereocenters. The van der Waals surface area contributed by atoms with E-state index in [1.807, 2.05) is 0 Å². The first-order valence-electron chi connectivity index (χ1n) is 11.7. The molecular weight excluding hydrogens is 496 g/mol. The molecule has 0 spiro atoms. The van der Waals surface area contributed by atoms with Gasteiger partial charge in [-0.2, -0.15) is 0 Å². The van der Waals surface area contributed by atoms with E-state index in [0.717, 1.165) is 0 Å². The van der Waals surface area contributed by atoms with Gasteiger partial charge in [-0.1, -0.05) is 12.1 Å². The van der Waals surface area contributed by atoms with Gasteiger partial charge in [0.05, 0.1) is 31.0 Å². The first kappa shape index (κ1) is 27.4. The molecule has 2 aliphatic heterocycles. The number of hydrogen-bond acceptors (Lipinski definition) is 12. The van der Waals surface area contributed by atoms with Crippen LogP contribution in [0.1, 0.15) is 6.42 Å². The minimum Gasteiger partial charge on any atom is -0.462 e. The standard InChI is InChI=1S/C23H30N2O12/c26-7-14-16(28)11(5-13-18(30)20(32)19(31)15(8-27)36-13)17(29)22(37-14)35-10-3-1-9(2-4-10)12-6-24-23(34)25-21(12)33/h1-4,6,11,13-20,22,26-32H,5,7-8H2,(H2,24,25,33,34). The van der Waals surface area contributed by atoms with Crippen LogP contribution in [0.25, 0.3) is 11.1 Å². The maximum atomic E-state index is 12.0. The third kappa shape index (κ3) is 5.62. The predicted molar refractivity (Wildman–Crippen MR) is 123 cm³/mol. The summed E-state index contributed by atoms with van der Waals surface area (Å²) in [4.78, 5) is 27.7. The third-order valence-corrected chi connectivity index (χ3v) is 6.76. The van der Waals surface area contributed by atoms with Crippen molar-refractivity contribution in [3.63, 3.8) is 0 Å². The van der Waals surface area contributed by atoms with Crippen molar-refractivity contribution in [2.24, 2.45) is 5.92 Å². The summed E-state index contributed by atoms with van der Waals surface area (Å²) in [5.41, 5.74) is -0.544. The van der Waals surface area contributed by atoms with Crippen LogP contribution in [0.15, 0.2) is 40.1 Å². The highest BCUT2D eigenvalue weighted by molar-refractivity contribution is 5.62.